The first-order chi connectivity index (χ1) is 6.06. The highest BCUT2D eigenvalue weighted by molar-refractivity contribution is 9.10. The van der Waals surface area contributed by atoms with Gasteiger partial charge in [-0.15, -0.1) is 0 Å². The number of Topliss-reactive ketones (excluding diaryl/α,β-unsaturated/α-hetero) is 1. The smallest absolute Gasteiger partial charge is 0.163 e. The number of ketones is 1. The lowest BCUT2D eigenvalue weighted by Gasteiger charge is -2.03. The summed E-state index contributed by atoms with van der Waals surface area (Å²) >= 11 is 14.8. The minimum absolute atomic E-state index is 0.0467. The molecule has 1 aromatic rings. The van der Waals surface area contributed by atoms with Crippen LogP contribution in [0.1, 0.15) is 23.7 Å². The van der Waals surface area contributed by atoms with Crippen molar-refractivity contribution in [3.63, 3.8) is 0 Å². The van der Waals surface area contributed by atoms with Gasteiger partial charge in [0.25, 0.3) is 0 Å². The van der Waals surface area contributed by atoms with E-state index in [1.807, 2.05) is 0 Å². The van der Waals surface area contributed by atoms with Gasteiger partial charge in [0, 0.05) is 16.5 Å². The van der Waals surface area contributed by atoms with Crippen LogP contribution in [0.5, 0.6) is 0 Å². The average molecular weight is 282 g/mol. The van der Waals surface area contributed by atoms with Crippen molar-refractivity contribution >= 4 is 44.9 Å². The van der Waals surface area contributed by atoms with Crippen molar-refractivity contribution in [1.29, 1.82) is 0 Å². The lowest BCUT2D eigenvalue weighted by atomic mass is 10.1. The molecule has 0 radical (unpaired) electrons. The summed E-state index contributed by atoms with van der Waals surface area (Å²) in [7, 11) is 0. The Hall–Kier alpha value is -0.0500. The van der Waals surface area contributed by atoms with Gasteiger partial charge in [-0.3, -0.25) is 4.79 Å². The molecule has 0 N–H and O–H groups in total. The maximum Gasteiger partial charge on any atom is 0.163 e. The summed E-state index contributed by atoms with van der Waals surface area (Å²) in [6.45, 7) is 1.80. The molecule has 1 rings (SSSR count). The van der Waals surface area contributed by atoms with Crippen LogP contribution in [0.4, 0.5) is 0 Å². The van der Waals surface area contributed by atoms with Crippen molar-refractivity contribution in [1.82, 2.24) is 0 Å². The maximum atomic E-state index is 11.4. The Morgan fingerprint density at radius 1 is 1.38 bits per heavy atom. The van der Waals surface area contributed by atoms with E-state index in [2.05, 4.69) is 15.9 Å². The van der Waals surface area contributed by atoms with Crippen molar-refractivity contribution in [2.75, 3.05) is 0 Å². The van der Waals surface area contributed by atoms with Crippen molar-refractivity contribution in [3.8, 4) is 0 Å². The van der Waals surface area contributed by atoms with E-state index in [0.29, 0.717) is 26.5 Å². The van der Waals surface area contributed by atoms with Gasteiger partial charge in [-0.25, -0.2) is 0 Å². The third-order valence-corrected chi connectivity index (χ3v) is 3.01. The summed E-state index contributed by atoms with van der Waals surface area (Å²) in [5, 5.41) is 0.850. The quantitative estimate of drug-likeness (QED) is 0.582. The van der Waals surface area contributed by atoms with E-state index >= 15 is 0 Å². The second-order valence-corrected chi connectivity index (χ2v) is 4.19. The normalized spacial score (nSPS) is 10.2. The fourth-order valence-corrected chi connectivity index (χ4v) is 1.95. The Bertz CT molecular complexity index is 350. The van der Waals surface area contributed by atoms with E-state index in [1.54, 1.807) is 19.1 Å². The van der Waals surface area contributed by atoms with Gasteiger partial charge in [-0.05, 0) is 28.1 Å². The van der Waals surface area contributed by atoms with Gasteiger partial charge in [0.05, 0.1) is 10.0 Å². The molecule has 0 bridgehead atoms. The number of carbonyl (C=O) groups excluding carboxylic acids is 1. The molecular formula is C9H7BrCl2O. The number of hydrogen-bond donors (Lipinski definition) is 0. The Morgan fingerprint density at radius 3 is 2.46 bits per heavy atom. The van der Waals surface area contributed by atoms with Crippen LogP contribution in [0.15, 0.2) is 16.6 Å². The number of halogens is 3. The Labute approximate surface area is 95.2 Å². The number of carbonyl (C=O) groups is 1. The molecule has 13 heavy (non-hydrogen) atoms. The third-order valence-electron chi connectivity index (χ3n) is 1.63. The molecule has 0 spiro atoms. The fraction of sp³-hybridized carbons (Fsp3) is 0.222. The molecule has 0 aliphatic carbocycles. The van der Waals surface area contributed by atoms with Crippen LogP contribution in [0.2, 0.25) is 10.0 Å². The highest BCUT2D eigenvalue weighted by Crippen LogP contribution is 2.29. The average Bonchev–Trinajstić information content (AvgIpc) is 2.10. The van der Waals surface area contributed by atoms with Crippen LogP contribution < -0.4 is 0 Å². The third kappa shape index (κ3) is 2.46. The summed E-state index contributed by atoms with van der Waals surface area (Å²) in [5.41, 5.74) is 0.580. The summed E-state index contributed by atoms with van der Waals surface area (Å²) in [5.74, 6) is 0.0467. The van der Waals surface area contributed by atoms with Gasteiger partial charge in [0.1, 0.15) is 0 Å². The Kier molecular flexibility index (Phi) is 3.77. The predicted octanol–water partition coefficient (Wildman–Crippen LogP) is 4.35. The topological polar surface area (TPSA) is 17.1 Å². The van der Waals surface area contributed by atoms with Crippen molar-refractivity contribution < 1.29 is 4.79 Å². The molecule has 0 saturated heterocycles. The molecule has 1 nitrogen and oxygen atoms in total. The number of benzene rings is 1. The molecule has 0 atom stereocenters. The van der Waals surface area contributed by atoms with E-state index in [4.69, 9.17) is 23.2 Å². The highest BCUT2D eigenvalue weighted by Gasteiger charge is 2.10. The lowest BCUT2D eigenvalue weighted by molar-refractivity contribution is 0.0987. The van der Waals surface area contributed by atoms with E-state index < -0.39 is 0 Å². The maximum absolute atomic E-state index is 11.4. The monoisotopic (exact) mass is 280 g/mol. The second-order valence-electron chi connectivity index (χ2n) is 2.52. The Morgan fingerprint density at radius 2 is 1.92 bits per heavy atom. The highest BCUT2D eigenvalue weighted by atomic mass is 79.9. The molecule has 4 heteroatoms. The van der Waals surface area contributed by atoms with Crippen molar-refractivity contribution in [3.05, 3.63) is 32.2 Å². The van der Waals surface area contributed by atoms with Crippen LogP contribution in [0, 0.1) is 0 Å². The van der Waals surface area contributed by atoms with E-state index in [-0.39, 0.29) is 5.78 Å². The Balaban J connectivity index is 3.23. The largest absolute Gasteiger partial charge is 0.294 e. The number of hydrogen-bond acceptors (Lipinski definition) is 1. The van der Waals surface area contributed by atoms with Crippen LogP contribution >= 0.6 is 39.1 Å². The van der Waals surface area contributed by atoms with Crippen LogP contribution in [0.3, 0.4) is 0 Å². The fourth-order valence-electron chi connectivity index (χ4n) is 0.927. The minimum atomic E-state index is 0.0467. The predicted molar refractivity (Wildman–Crippen MR) is 58.8 cm³/mol. The van der Waals surface area contributed by atoms with Crippen molar-refractivity contribution in [2.45, 2.75) is 13.3 Å². The zero-order valence-electron chi connectivity index (χ0n) is 6.90. The van der Waals surface area contributed by atoms with Gasteiger partial charge in [-0.2, -0.15) is 0 Å². The van der Waals surface area contributed by atoms with Gasteiger partial charge >= 0.3 is 0 Å². The molecule has 0 unspecified atom stereocenters. The number of rotatable bonds is 2. The standard InChI is InChI=1S/C9H7BrCl2O/c1-2-9(13)5-3-7(11)8(12)4-6(5)10/h3-4H,2H2,1H3. The minimum Gasteiger partial charge on any atom is -0.294 e. The molecular weight excluding hydrogens is 275 g/mol. The molecule has 0 saturated carbocycles. The van der Waals surface area contributed by atoms with Gasteiger partial charge < -0.3 is 0 Å². The lowest BCUT2D eigenvalue weighted by Crippen LogP contribution is -1.97. The van der Waals surface area contributed by atoms with E-state index in [9.17, 15) is 4.79 Å². The summed E-state index contributed by atoms with van der Waals surface area (Å²) in [6.07, 6.45) is 0.455. The second kappa shape index (κ2) is 4.45. The van der Waals surface area contributed by atoms with Crippen molar-refractivity contribution in [2.24, 2.45) is 0 Å². The van der Waals surface area contributed by atoms with Crippen LogP contribution in [-0.2, 0) is 0 Å². The molecule has 0 aliphatic rings. The zero-order valence-corrected chi connectivity index (χ0v) is 10.0. The molecule has 0 fully saturated rings. The molecule has 70 valence electrons. The molecule has 0 amide bonds. The summed E-state index contributed by atoms with van der Waals surface area (Å²) in [6, 6.07) is 3.21. The first-order valence-corrected chi connectivity index (χ1v) is 5.29. The summed E-state index contributed by atoms with van der Waals surface area (Å²) in [4.78, 5) is 11.4. The molecule has 0 heterocycles. The van der Waals surface area contributed by atoms with Gasteiger partial charge in [-0.1, -0.05) is 30.1 Å². The van der Waals surface area contributed by atoms with E-state index in [1.165, 1.54) is 0 Å². The zero-order chi connectivity index (χ0) is 10.0. The molecule has 0 aromatic heterocycles. The van der Waals surface area contributed by atoms with Gasteiger partial charge in [0.2, 0.25) is 0 Å². The van der Waals surface area contributed by atoms with Gasteiger partial charge in [0.15, 0.2) is 5.78 Å². The SMILES string of the molecule is CCC(=O)c1cc(Cl)c(Cl)cc1Br. The summed E-state index contributed by atoms with van der Waals surface area (Å²) < 4.78 is 0.689. The van der Waals surface area contributed by atoms with Crippen LogP contribution in [-0.4, -0.2) is 5.78 Å². The first kappa shape index (κ1) is 11.0. The van der Waals surface area contributed by atoms with Crippen LogP contribution in [0.25, 0.3) is 0 Å². The molecule has 1 aromatic carbocycles. The van der Waals surface area contributed by atoms with E-state index in [0.717, 1.165) is 0 Å². The first-order valence-electron chi connectivity index (χ1n) is 3.74. The molecule has 0 aliphatic heterocycles.